The lowest BCUT2D eigenvalue weighted by atomic mass is 10.2. The summed E-state index contributed by atoms with van der Waals surface area (Å²) in [6.07, 6.45) is 0.0677. The van der Waals surface area contributed by atoms with Gasteiger partial charge in [0.05, 0.1) is 26.7 Å². The molecule has 2 aromatic rings. The van der Waals surface area contributed by atoms with Crippen LogP contribution in [0.4, 0.5) is 10.1 Å². The van der Waals surface area contributed by atoms with Gasteiger partial charge in [-0.05, 0) is 48.9 Å². The second-order valence-electron chi connectivity index (χ2n) is 6.18. The number of sulfone groups is 2. The quantitative estimate of drug-likeness (QED) is 0.802. The molecule has 2 aromatic carbocycles. The summed E-state index contributed by atoms with van der Waals surface area (Å²) in [7, 11) is -7.12. The van der Waals surface area contributed by atoms with Crippen molar-refractivity contribution in [2.24, 2.45) is 0 Å². The van der Waals surface area contributed by atoms with Crippen LogP contribution in [0.1, 0.15) is 16.8 Å². The fourth-order valence-corrected chi connectivity index (χ4v) is 7.31. The predicted octanol–water partition coefficient (Wildman–Crippen LogP) is 2.69. The second kappa shape index (κ2) is 7.21. The predicted molar refractivity (Wildman–Crippen MR) is 100 cm³/mol. The average molecular weight is 432 g/mol. The number of rotatable bonds is 4. The Labute approximate surface area is 161 Å². The van der Waals surface area contributed by atoms with E-state index < -0.39 is 36.6 Å². The van der Waals surface area contributed by atoms with Crippen LogP contribution in [0.3, 0.4) is 0 Å². The molecule has 0 aliphatic carbocycles. The van der Waals surface area contributed by atoms with E-state index >= 15 is 0 Å². The van der Waals surface area contributed by atoms with Gasteiger partial charge in [-0.15, -0.1) is 0 Å². The summed E-state index contributed by atoms with van der Waals surface area (Å²) in [5, 5.41) is 1.42. The Morgan fingerprint density at radius 3 is 2.37 bits per heavy atom. The minimum atomic E-state index is -3.79. The van der Waals surface area contributed by atoms with E-state index in [0.717, 1.165) is 6.07 Å². The lowest BCUT2D eigenvalue weighted by Crippen LogP contribution is -2.22. The SMILES string of the molecule is O=C(Nc1ccc(F)c(Cl)c1)c1ccc(S(=O)(=O)C2CCS(=O)(=O)C2)cc1. The van der Waals surface area contributed by atoms with E-state index in [2.05, 4.69) is 5.32 Å². The van der Waals surface area contributed by atoms with Crippen molar-refractivity contribution in [3.05, 3.63) is 58.9 Å². The molecule has 3 rings (SSSR count). The molecule has 1 aliphatic rings. The molecule has 1 heterocycles. The van der Waals surface area contributed by atoms with Gasteiger partial charge in [0.25, 0.3) is 5.91 Å². The smallest absolute Gasteiger partial charge is 0.255 e. The van der Waals surface area contributed by atoms with Crippen molar-refractivity contribution in [3.8, 4) is 0 Å². The normalized spacial score (nSPS) is 19.0. The third kappa shape index (κ3) is 4.31. The Hall–Kier alpha value is -1.97. The molecule has 1 fully saturated rings. The third-order valence-corrected chi connectivity index (χ3v) is 8.73. The zero-order valence-electron chi connectivity index (χ0n) is 13.9. The van der Waals surface area contributed by atoms with Crippen molar-refractivity contribution in [3.63, 3.8) is 0 Å². The van der Waals surface area contributed by atoms with Crippen molar-refractivity contribution in [1.29, 1.82) is 0 Å². The van der Waals surface area contributed by atoms with Crippen LogP contribution in [-0.2, 0) is 19.7 Å². The molecular weight excluding hydrogens is 417 g/mol. The highest BCUT2D eigenvalue weighted by Gasteiger charge is 2.37. The van der Waals surface area contributed by atoms with Crippen molar-refractivity contribution >= 4 is 42.9 Å². The molecule has 144 valence electrons. The number of anilines is 1. The Morgan fingerprint density at radius 1 is 1.15 bits per heavy atom. The van der Waals surface area contributed by atoms with Crippen LogP contribution in [0.5, 0.6) is 0 Å². The lowest BCUT2D eigenvalue weighted by molar-refractivity contribution is 0.102. The number of amides is 1. The van der Waals surface area contributed by atoms with Gasteiger partial charge in [-0.1, -0.05) is 11.6 Å². The Morgan fingerprint density at radius 2 is 1.81 bits per heavy atom. The van der Waals surface area contributed by atoms with Gasteiger partial charge >= 0.3 is 0 Å². The molecule has 0 spiro atoms. The monoisotopic (exact) mass is 431 g/mol. The van der Waals surface area contributed by atoms with Crippen LogP contribution in [0.25, 0.3) is 0 Å². The van der Waals surface area contributed by atoms with Gasteiger partial charge in [-0.2, -0.15) is 0 Å². The summed E-state index contributed by atoms with van der Waals surface area (Å²) in [5.74, 6) is -1.66. The highest BCUT2D eigenvalue weighted by atomic mass is 35.5. The van der Waals surface area contributed by atoms with Crippen LogP contribution in [0.15, 0.2) is 47.4 Å². The number of hydrogen-bond donors (Lipinski definition) is 1. The highest BCUT2D eigenvalue weighted by Crippen LogP contribution is 2.26. The topological polar surface area (TPSA) is 97.4 Å². The van der Waals surface area contributed by atoms with Gasteiger partial charge in [0, 0.05) is 11.3 Å². The fourth-order valence-electron chi connectivity index (χ4n) is 2.77. The molecule has 0 saturated carbocycles. The minimum absolute atomic E-state index is 0.0361. The summed E-state index contributed by atoms with van der Waals surface area (Å²) in [4.78, 5) is 12.2. The molecule has 1 amide bonds. The maximum absolute atomic E-state index is 13.2. The number of carbonyl (C=O) groups is 1. The number of halogens is 2. The number of benzene rings is 2. The first-order chi connectivity index (χ1) is 12.6. The molecule has 6 nitrogen and oxygen atoms in total. The zero-order chi connectivity index (χ0) is 19.8. The molecule has 1 atom stereocenters. The molecule has 0 bridgehead atoms. The molecule has 27 heavy (non-hydrogen) atoms. The second-order valence-corrected chi connectivity index (χ2v) is 11.0. The van der Waals surface area contributed by atoms with Crippen molar-refractivity contribution in [2.45, 2.75) is 16.6 Å². The van der Waals surface area contributed by atoms with Gasteiger partial charge in [-0.3, -0.25) is 4.79 Å². The maximum Gasteiger partial charge on any atom is 0.255 e. The molecule has 1 saturated heterocycles. The Kier molecular flexibility index (Phi) is 5.29. The zero-order valence-corrected chi connectivity index (χ0v) is 16.2. The van der Waals surface area contributed by atoms with E-state index in [1.165, 1.54) is 36.4 Å². The largest absolute Gasteiger partial charge is 0.322 e. The number of carbonyl (C=O) groups excluding carboxylic acids is 1. The molecule has 1 unspecified atom stereocenters. The Balaban J connectivity index is 1.76. The summed E-state index contributed by atoms with van der Waals surface area (Å²) >= 11 is 5.66. The average Bonchev–Trinajstić information content (AvgIpc) is 2.99. The van der Waals surface area contributed by atoms with Crippen LogP contribution in [-0.4, -0.2) is 39.5 Å². The standard InChI is InChI=1S/C17H15ClFNO5S2/c18-15-9-12(3-6-16(15)19)20-17(21)11-1-4-13(5-2-11)27(24,25)14-7-8-26(22,23)10-14/h1-6,9,14H,7-8,10H2,(H,20,21). The van der Waals surface area contributed by atoms with Gasteiger partial charge in [0.1, 0.15) is 5.82 Å². The maximum atomic E-state index is 13.2. The van der Waals surface area contributed by atoms with E-state index in [-0.39, 0.29) is 33.4 Å². The summed E-state index contributed by atoms with van der Waals surface area (Å²) < 4.78 is 61.3. The minimum Gasteiger partial charge on any atom is -0.322 e. The highest BCUT2D eigenvalue weighted by molar-refractivity contribution is 7.96. The van der Waals surface area contributed by atoms with E-state index in [1.54, 1.807) is 0 Å². The first kappa shape index (κ1) is 19.8. The molecule has 1 aliphatic heterocycles. The van der Waals surface area contributed by atoms with E-state index in [1.807, 2.05) is 0 Å². The lowest BCUT2D eigenvalue weighted by Gasteiger charge is -2.11. The molecule has 0 aromatic heterocycles. The van der Waals surface area contributed by atoms with E-state index in [4.69, 9.17) is 11.6 Å². The van der Waals surface area contributed by atoms with Crippen molar-refractivity contribution in [1.82, 2.24) is 0 Å². The van der Waals surface area contributed by atoms with Crippen LogP contribution in [0, 0.1) is 5.82 Å². The van der Waals surface area contributed by atoms with Gasteiger partial charge < -0.3 is 5.32 Å². The van der Waals surface area contributed by atoms with Gasteiger partial charge in [-0.25, -0.2) is 21.2 Å². The van der Waals surface area contributed by atoms with Crippen LogP contribution >= 0.6 is 11.6 Å². The van der Waals surface area contributed by atoms with E-state index in [9.17, 15) is 26.0 Å². The third-order valence-electron chi connectivity index (χ3n) is 4.25. The Bertz CT molecular complexity index is 1100. The summed E-state index contributed by atoms with van der Waals surface area (Å²) in [5.41, 5.74) is 0.479. The molecule has 0 radical (unpaired) electrons. The first-order valence-corrected chi connectivity index (χ1v) is 11.6. The van der Waals surface area contributed by atoms with Crippen molar-refractivity contribution in [2.75, 3.05) is 16.8 Å². The van der Waals surface area contributed by atoms with Gasteiger partial charge in [0.2, 0.25) is 0 Å². The number of hydrogen-bond acceptors (Lipinski definition) is 5. The summed E-state index contributed by atoms with van der Waals surface area (Å²) in [6.45, 7) is 0. The number of nitrogens with one attached hydrogen (secondary N) is 1. The van der Waals surface area contributed by atoms with Crippen molar-refractivity contribution < 1.29 is 26.0 Å². The molecule has 10 heteroatoms. The van der Waals surface area contributed by atoms with Crippen LogP contribution < -0.4 is 5.32 Å². The summed E-state index contributed by atoms with van der Waals surface area (Å²) in [6, 6.07) is 8.92. The van der Waals surface area contributed by atoms with Gasteiger partial charge in [0.15, 0.2) is 19.7 Å². The molecule has 1 N–H and O–H groups in total. The van der Waals surface area contributed by atoms with E-state index in [0.29, 0.717) is 5.69 Å². The van der Waals surface area contributed by atoms with Crippen LogP contribution in [0.2, 0.25) is 5.02 Å². The fraction of sp³-hybridized carbons (Fsp3) is 0.235. The first-order valence-electron chi connectivity index (χ1n) is 7.89. The molecular formula is C17H15ClFNO5S2.